The lowest BCUT2D eigenvalue weighted by atomic mass is 10.1. The van der Waals surface area contributed by atoms with E-state index in [0.717, 1.165) is 12.1 Å². The van der Waals surface area contributed by atoms with E-state index in [-0.39, 0.29) is 12.3 Å². The van der Waals surface area contributed by atoms with Gasteiger partial charge in [0, 0.05) is 11.6 Å². The van der Waals surface area contributed by atoms with E-state index >= 15 is 0 Å². The van der Waals surface area contributed by atoms with E-state index in [1.165, 1.54) is 7.11 Å². The Morgan fingerprint density at radius 3 is 2.69 bits per heavy atom. The number of rotatable bonds is 2. The molecular formula is C10H9F2NO3. The van der Waals surface area contributed by atoms with Crippen LogP contribution < -0.4 is 10.1 Å². The topological polar surface area (TPSA) is 47.6 Å². The first-order chi connectivity index (χ1) is 7.61. The molecule has 0 aromatic heterocycles. The minimum absolute atomic E-state index is 0.153. The summed E-state index contributed by atoms with van der Waals surface area (Å²) >= 11 is 0. The van der Waals surface area contributed by atoms with E-state index in [4.69, 9.17) is 9.47 Å². The lowest BCUT2D eigenvalue weighted by Crippen LogP contribution is -2.12. The summed E-state index contributed by atoms with van der Waals surface area (Å²) in [6.45, 7) is 0.209. The summed E-state index contributed by atoms with van der Waals surface area (Å²) in [7, 11) is 1.33. The quantitative estimate of drug-likeness (QED) is 0.840. The van der Waals surface area contributed by atoms with Crippen molar-refractivity contribution in [3.63, 3.8) is 0 Å². The second-order valence-electron chi connectivity index (χ2n) is 3.28. The minimum atomic E-state index is -1.00. The highest BCUT2D eigenvalue weighted by atomic mass is 19.2. The van der Waals surface area contributed by atoms with E-state index < -0.39 is 23.8 Å². The molecule has 1 fully saturated rings. The summed E-state index contributed by atoms with van der Waals surface area (Å²) in [5.41, 5.74) is 0.305. The van der Waals surface area contributed by atoms with Crippen LogP contribution in [0.15, 0.2) is 12.1 Å². The Labute approximate surface area is 90.2 Å². The lowest BCUT2D eigenvalue weighted by molar-refractivity contribution is 0.139. The molecule has 1 atom stereocenters. The van der Waals surface area contributed by atoms with Crippen molar-refractivity contribution in [2.75, 3.05) is 13.7 Å². The molecule has 1 aromatic rings. The molecule has 6 heteroatoms. The molecule has 0 bridgehead atoms. The standard InChI is InChI=1S/C10H9F2NO3/c1-15-8-3-7(12)6(11)2-5(8)9-4-13-10(14)16-9/h2-3,9H,4H2,1H3,(H,13,14). The summed E-state index contributed by atoms with van der Waals surface area (Å²) in [5.74, 6) is -1.85. The average Bonchev–Trinajstić information content (AvgIpc) is 2.68. The number of ether oxygens (including phenoxy) is 2. The number of alkyl carbamates (subject to hydrolysis) is 1. The Hall–Kier alpha value is -1.85. The average molecular weight is 229 g/mol. The highest BCUT2D eigenvalue weighted by molar-refractivity contribution is 5.70. The first-order valence-corrected chi connectivity index (χ1v) is 4.59. The number of carbonyl (C=O) groups excluding carboxylic acids is 1. The van der Waals surface area contributed by atoms with E-state index in [0.29, 0.717) is 5.56 Å². The smallest absolute Gasteiger partial charge is 0.407 e. The summed E-state index contributed by atoms with van der Waals surface area (Å²) in [6, 6.07) is 1.90. The Balaban J connectivity index is 2.39. The molecule has 1 heterocycles. The van der Waals surface area contributed by atoms with Gasteiger partial charge in [0.05, 0.1) is 13.7 Å². The van der Waals surface area contributed by atoms with Crippen LogP contribution in [0.4, 0.5) is 13.6 Å². The van der Waals surface area contributed by atoms with Crippen molar-refractivity contribution in [1.82, 2.24) is 5.32 Å². The normalized spacial score (nSPS) is 19.2. The number of halogens is 2. The molecule has 0 saturated carbocycles. The SMILES string of the molecule is COc1cc(F)c(F)cc1C1CNC(=O)O1. The van der Waals surface area contributed by atoms with Gasteiger partial charge in [-0.15, -0.1) is 0 Å². The summed E-state index contributed by atoms with van der Waals surface area (Å²) in [5, 5.41) is 2.42. The van der Waals surface area contributed by atoms with Crippen LogP contribution in [0.1, 0.15) is 11.7 Å². The molecule has 1 aromatic carbocycles. The van der Waals surface area contributed by atoms with Crippen molar-refractivity contribution >= 4 is 6.09 Å². The zero-order valence-electron chi connectivity index (χ0n) is 8.42. The van der Waals surface area contributed by atoms with Gasteiger partial charge in [-0.2, -0.15) is 0 Å². The molecule has 1 unspecified atom stereocenters. The number of methoxy groups -OCH3 is 1. The maximum Gasteiger partial charge on any atom is 0.407 e. The Kier molecular flexibility index (Phi) is 2.64. The van der Waals surface area contributed by atoms with Crippen LogP contribution in [0, 0.1) is 11.6 Å². The van der Waals surface area contributed by atoms with Crippen molar-refractivity contribution in [2.45, 2.75) is 6.10 Å². The molecule has 4 nitrogen and oxygen atoms in total. The molecule has 1 aliphatic rings. The molecule has 0 radical (unpaired) electrons. The third-order valence-corrected chi connectivity index (χ3v) is 2.30. The third kappa shape index (κ3) is 1.78. The van der Waals surface area contributed by atoms with Gasteiger partial charge in [0.2, 0.25) is 0 Å². The summed E-state index contributed by atoms with van der Waals surface area (Å²) < 4.78 is 35.8. The highest BCUT2D eigenvalue weighted by Gasteiger charge is 2.28. The van der Waals surface area contributed by atoms with Gasteiger partial charge in [0.1, 0.15) is 11.9 Å². The van der Waals surface area contributed by atoms with Gasteiger partial charge in [-0.05, 0) is 6.07 Å². The fourth-order valence-corrected chi connectivity index (χ4v) is 1.53. The van der Waals surface area contributed by atoms with Gasteiger partial charge >= 0.3 is 6.09 Å². The molecule has 1 amide bonds. The van der Waals surface area contributed by atoms with Crippen LogP contribution in [0.3, 0.4) is 0 Å². The van der Waals surface area contributed by atoms with Crippen molar-refractivity contribution < 1.29 is 23.0 Å². The van der Waals surface area contributed by atoms with E-state index in [2.05, 4.69) is 5.32 Å². The molecule has 1 aliphatic heterocycles. The number of carbonyl (C=O) groups is 1. The third-order valence-electron chi connectivity index (χ3n) is 2.30. The Bertz CT molecular complexity index is 436. The molecular weight excluding hydrogens is 220 g/mol. The Morgan fingerprint density at radius 1 is 1.44 bits per heavy atom. The number of nitrogens with one attached hydrogen (secondary N) is 1. The zero-order valence-corrected chi connectivity index (χ0v) is 8.42. The van der Waals surface area contributed by atoms with Gasteiger partial charge in [-0.25, -0.2) is 13.6 Å². The van der Waals surface area contributed by atoms with Gasteiger partial charge in [-0.1, -0.05) is 0 Å². The molecule has 16 heavy (non-hydrogen) atoms. The van der Waals surface area contributed by atoms with Gasteiger partial charge in [-0.3, -0.25) is 0 Å². The molecule has 0 spiro atoms. The van der Waals surface area contributed by atoms with E-state index in [1.807, 2.05) is 0 Å². The van der Waals surface area contributed by atoms with Crippen molar-refractivity contribution in [3.8, 4) is 5.75 Å². The van der Waals surface area contributed by atoms with Crippen molar-refractivity contribution in [3.05, 3.63) is 29.3 Å². The summed E-state index contributed by atoms with van der Waals surface area (Å²) in [6.07, 6.45) is -1.24. The van der Waals surface area contributed by atoms with Crippen LogP contribution >= 0.6 is 0 Å². The molecule has 1 N–H and O–H groups in total. The van der Waals surface area contributed by atoms with E-state index in [1.54, 1.807) is 0 Å². The minimum Gasteiger partial charge on any atom is -0.496 e. The Morgan fingerprint density at radius 2 is 2.12 bits per heavy atom. The molecule has 2 rings (SSSR count). The fourth-order valence-electron chi connectivity index (χ4n) is 1.53. The van der Waals surface area contributed by atoms with Crippen molar-refractivity contribution in [1.29, 1.82) is 0 Å². The summed E-state index contributed by atoms with van der Waals surface area (Å²) in [4.78, 5) is 10.8. The van der Waals surface area contributed by atoms with Crippen LogP contribution in [-0.2, 0) is 4.74 Å². The largest absolute Gasteiger partial charge is 0.496 e. The van der Waals surface area contributed by atoms with Crippen LogP contribution in [0.2, 0.25) is 0 Å². The molecule has 86 valence electrons. The monoisotopic (exact) mass is 229 g/mol. The van der Waals surface area contributed by atoms with Crippen LogP contribution in [0.5, 0.6) is 5.75 Å². The number of hydrogen-bond donors (Lipinski definition) is 1. The fraction of sp³-hybridized carbons (Fsp3) is 0.300. The first-order valence-electron chi connectivity index (χ1n) is 4.59. The second kappa shape index (κ2) is 3.96. The number of amides is 1. The number of hydrogen-bond acceptors (Lipinski definition) is 3. The van der Waals surface area contributed by atoms with Crippen LogP contribution in [0.25, 0.3) is 0 Å². The van der Waals surface area contributed by atoms with Crippen molar-refractivity contribution in [2.24, 2.45) is 0 Å². The number of benzene rings is 1. The van der Waals surface area contributed by atoms with Gasteiger partial charge in [0.15, 0.2) is 11.6 Å². The molecule has 1 saturated heterocycles. The van der Waals surface area contributed by atoms with E-state index in [9.17, 15) is 13.6 Å². The van der Waals surface area contributed by atoms with Gasteiger partial charge < -0.3 is 14.8 Å². The zero-order chi connectivity index (χ0) is 11.7. The second-order valence-corrected chi connectivity index (χ2v) is 3.28. The molecule has 0 aliphatic carbocycles. The lowest BCUT2D eigenvalue weighted by Gasteiger charge is -2.13. The maximum absolute atomic E-state index is 13.1. The van der Waals surface area contributed by atoms with Gasteiger partial charge in [0.25, 0.3) is 0 Å². The number of cyclic esters (lactones) is 1. The maximum atomic E-state index is 13.1. The highest BCUT2D eigenvalue weighted by Crippen LogP contribution is 2.31. The van der Waals surface area contributed by atoms with Crippen LogP contribution in [-0.4, -0.2) is 19.7 Å². The predicted molar refractivity (Wildman–Crippen MR) is 50.1 cm³/mol. The first kappa shape index (κ1) is 10.7. The predicted octanol–water partition coefficient (Wildman–Crippen LogP) is 1.75.